The van der Waals surface area contributed by atoms with Crippen molar-refractivity contribution in [2.75, 3.05) is 0 Å². The molecule has 1 aliphatic rings. The number of hydrogen-bond acceptors (Lipinski definition) is 2. The summed E-state index contributed by atoms with van der Waals surface area (Å²) in [7, 11) is 0. The minimum absolute atomic E-state index is 0. The van der Waals surface area contributed by atoms with Crippen LogP contribution in [-0.2, 0) is 9.59 Å². The first kappa shape index (κ1) is 15.7. The van der Waals surface area contributed by atoms with Gasteiger partial charge in [0.1, 0.15) is 0 Å². The van der Waals surface area contributed by atoms with Gasteiger partial charge in [0.05, 0.1) is 0 Å². The van der Waals surface area contributed by atoms with Gasteiger partial charge in [0, 0.05) is 0 Å². The van der Waals surface area contributed by atoms with Gasteiger partial charge in [-0.3, -0.25) is 9.59 Å². The molecule has 1 saturated carbocycles. The Hall–Kier alpha value is -0.294. The van der Waals surface area contributed by atoms with Gasteiger partial charge in [-0.25, -0.2) is 0 Å². The maximum absolute atomic E-state index is 10.6. The maximum atomic E-state index is 10.6. The minimum atomic E-state index is -1.22. The molecule has 1 rings (SSSR count). The van der Waals surface area contributed by atoms with E-state index in [2.05, 4.69) is 0 Å². The largest absolute Gasteiger partial charge is 2.00 e. The van der Waals surface area contributed by atoms with E-state index < -0.39 is 17.9 Å². The molecule has 0 atom stereocenters. The molecule has 0 heterocycles. The van der Waals surface area contributed by atoms with Gasteiger partial charge in [-0.15, -0.1) is 0 Å². The van der Waals surface area contributed by atoms with Crippen molar-refractivity contribution < 1.29 is 22.7 Å². The molecule has 0 unspecified atom stereocenters. The summed E-state index contributed by atoms with van der Waals surface area (Å²) in [5.74, 6) is -3.09. The fraction of sp³-hybridized carbons (Fsp3) is 0.818. The van der Waals surface area contributed by atoms with E-state index in [4.69, 9.17) is 10.2 Å². The Morgan fingerprint density at radius 1 is 1.12 bits per heavy atom. The molecule has 0 aromatic carbocycles. The number of rotatable bonds is 5. The summed E-state index contributed by atoms with van der Waals surface area (Å²) in [5.41, 5.74) is 0. The van der Waals surface area contributed by atoms with Crippen LogP contribution in [0.15, 0.2) is 0 Å². The average Bonchev–Trinajstić information content (AvgIpc) is 2.18. The molecule has 2 N–H and O–H groups in total. The molecule has 0 saturated heterocycles. The molecule has 4 nitrogen and oxygen atoms in total. The monoisotopic (exact) mass is 240 g/mol. The second-order valence-electron chi connectivity index (χ2n) is 4.31. The Morgan fingerprint density at radius 3 is 2.06 bits per heavy atom. The van der Waals surface area contributed by atoms with Crippen molar-refractivity contribution in [1.82, 2.24) is 0 Å². The van der Waals surface area contributed by atoms with Crippen LogP contribution in [0.4, 0.5) is 0 Å². The van der Waals surface area contributed by atoms with Crippen LogP contribution in [0.3, 0.4) is 0 Å². The Morgan fingerprint density at radius 2 is 1.62 bits per heavy atom. The molecule has 0 spiro atoms. The van der Waals surface area contributed by atoms with Crippen LogP contribution in [0.2, 0.25) is 0 Å². The van der Waals surface area contributed by atoms with Crippen LogP contribution >= 0.6 is 0 Å². The standard InChI is InChI=1S/C11H18O4.Mg.2H/c12-10(13)9(11(14)15)7-6-8-4-2-1-3-5-8;;;/h8-9H,1-7H2,(H,12,13)(H,14,15);;;/q;+2;2*-1. The van der Waals surface area contributed by atoms with E-state index in [1.165, 1.54) is 19.3 Å². The topological polar surface area (TPSA) is 74.6 Å². The molecular weight excluding hydrogens is 220 g/mol. The summed E-state index contributed by atoms with van der Waals surface area (Å²) in [5, 5.41) is 17.4. The normalized spacial score (nSPS) is 16.8. The fourth-order valence-electron chi connectivity index (χ4n) is 2.23. The van der Waals surface area contributed by atoms with E-state index in [0.29, 0.717) is 5.92 Å². The second kappa shape index (κ2) is 7.90. The van der Waals surface area contributed by atoms with Crippen molar-refractivity contribution in [3.8, 4) is 0 Å². The molecule has 0 aliphatic heterocycles. The summed E-state index contributed by atoms with van der Waals surface area (Å²) in [6.07, 6.45) is 6.94. The van der Waals surface area contributed by atoms with Crippen molar-refractivity contribution in [2.24, 2.45) is 11.8 Å². The number of hydrogen-bond donors (Lipinski definition) is 2. The summed E-state index contributed by atoms with van der Waals surface area (Å²) in [6.45, 7) is 0. The van der Waals surface area contributed by atoms with Gasteiger partial charge < -0.3 is 13.1 Å². The van der Waals surface area contributed by atoms with Gasteiger partial charge in [0.2, 0.25) is 0 Å². The number of carboxylic acids is 2. The predicted molar refractivity (Wildman–Crippen MR) is 62.5 cm³/mol. The zero-order valence-corrected chi connectivity index (χ0v) is 10.9. The van der Waals surface area contributed by atoms with E-state index in [1.54, 1.807) is 0 Å². The summed E-state index contributed by atoms with van der Waals surface area (Å²) < 4.78 is 0. The molecule has 0 aromatic heterocycles. The van der Waals surface area contributed by atoms with Gasteiger partial charge in [0.25, 0.3) is 0 Å². The van der Waals surface area contributed by atoms with E-state index >= 15 is 0 Å². The Labute approximate surface area is 115 Å². The third kappa shape index (κ3) is 5.16. The van der Waals surface area contributed by atoms with Crippen molar-refractivity contribution in [3.63, 3.8) is 0 Å². The molecule has 1 aliphatic carbocycles. The van der Waals surface area contributed by atoms with Gasteiger partial charge in [-0.1, -0.05) is 32.1 Å². The van der Waals surface area contributed by atoms with Crippen LogP contribution in [0, 0.1) is 11.8 Å². The van der Waals surface area contributed by atoms with Crippen LogP contribution in [0.1, 0.15) is 47.8 Å². The van der Waals surface area contributed by atoms with E-state index in [-0.39, 0.29) is 32.3 Å². The van der Waals surface area contributed by atoms with Crippen molar-refractivity contribution in [3.05, 3.63) is 0 Å². The van der Waals surface area contributed by atoms with Crippen LogP contribution in [-0.4, -0.2) is 45.2 Å². The van der Waals surface area contributed by atoms with Crippen molar-refractivity contribution >= 4 is 35.0 Å². The van der Waals surface area contributed by atoms with Gasteiger partial charge in [-0.05, 0) is 18.8 Å². The van der Waals surface area contributed by atoms with Gasteiger partial charge >= 0.3 is 35.0 Å². The SMILES string of the molecule is O=C(O)C(CCC1CCCCC1)C(=O)O.[H-].[H-].[Mg+2]. The average molecular weight is 241 g/mol. The van der Waals surface area contributed by atoms with Gasteiger partial charge in [-0.2, -0.15) is 0 Å². The predicted octanol–water partition coefficient (Wildman–Crippen LogP) is 1.98. The minimum Gasteiger partial charge on any atom is -1.00 e. The zero-order chi connectivity index (χ0) is 11.3. The molecule has 0 amide bonds. The number of aliphatic carboxylic acids is 2. The van der Waals surface area contributed by atoms with Crippen molar-refractivity contribution in [1.29, 1.82) is 0 Å². The Kier molecular flexibility index (Phi) is 7.75. The van der Waals surface area contributed by atoms with Crippen LogP contribution in [0.5, 0.6) is 0 Å². The zero-order valence-electron chi connectivity index (χ0n) is 11.5. The summed E-state index contributed by atoms with van der Waals surface area (Å²) in [6, 6.07) is 0. The van der Waals surface area contributed by atoms with E-state index in [1.807, 2.05) is 0 Å². The molecule has 0 aromatic rings. The van der Waals surface area contributed by atoms with E-state index in [0.717, 1.165) is 19.3 Å². The third-order valence-electron chi connectivity index (χ3n) is 3.18. The Bertz CT molecular complexity index is 231. The third-order valence-corrected chi connectivity index (χ3v) is 3.18. The van der Waals surface area contributed by atoms with E-state index in [9.17, 15) is 9.59 Å². The summed E-state index contributed by atoms with van der Waals surface area (Å²) in [4.78, 5) is 21.3. The molecule has 0 bridgehead atoms. The van der Waals surface area contributed by atoms with Crippen LogP contribution in [0.25, 0.3) is 0 Å². The maximum Gasteiger partial charge on any atom is 2.00 e. The molecule has 0 radical (unpaired) electrons. The molecule has 16 heavy (non-hydrogen) atoms. The smallest absolute Gasteiger partial charge is 1.00 e. The number of carbonyl (C=O) groups is 2. The number of carboxylic acid groups (broad SMARTS) is 2. The van der Waals surface area contributed by atoms with Crippen molar-refractivity contribution in [2.45, 2.75) is 44.9 Å². The Balaban J connectivity index is -0.000000750. The van der Waals surface area contributed by atoms with Gasteiger partial charge in [0.15, 0.2) is 5.92 Å². The molecule has 1 fully saturated rings. The quantitative estimate of drug-likeness (QED) is 0.569. The second-order valence-corrected chi connectivity index (χ2v) is 4.31. The molecule has 90 valence electrons. The first-order valence-corrected chi connectivity index (χ1v) is 5.57. The van der Waals surface area contributed by atoms with Crippen LogP contribution < -0.4 is 0 Å². The first-order chi connectivity index (χ1) is 7.11. The molecular formula is C11H20MgO4. The first-order valence-electron chi connectivity index (χ1n) is 5.57. The molecule has 5 heteroatoms. The fourth-order valence-corrected chi connectivity index (χ4v) is 2.23. The summed E-state index contributed by atoms with van der Waals surface area (Å²) >= 11 is 0.